The zero-order chi connectivity index (χ0) is 38.8. The highest BCUT2D eigenvalue weighted by Crippen LogP contribution is 2.39. The van der Waals surface area contributed by atoms with Crippen LogP contribution in [-0.2, 0) is 38.2 Å². The van der Waals surface area contributed by atoms with Crippen molar-refractivity contribution in [3.63, 3.8) is 0 Å². The molecular formula is C40H68O10. The summed E-state index contributed by atoms with van der Waals surface area (Å²) < 4.78 is 11.3. The van der Waals surface area contributed by atoms with Crippen molar-refractivity contribution >= 4 is 35.4 Å². The fourth-order valence-electron chi connectivity index (χ4n) is 7.13. The van der Waals surface area contributed by atoms with E-state index in [2.05, 4.69) is 0 Å². The van der Waals surface area contributed by atoms with Crippen LogP contribution in [0.4, 0.5) is 0 Å². The number of cyclic esters (lactones) is 2. The molecule has 0 spiro atoms. The summed E-state index contributed by atoms with van der Waals surface area (Å²) in [6, 6.07) is 0. The Balaban J connectivity index is 3.56. The lowest BCUT2D eigenvalue weighted by atomic mass is 9.70. The van der Waals surface area contributed by atoms with Crippen molar-refractivity contribution in [2.75, 3.05) is 13.2 Å². The van der Waals surface area contributed by atoms with Crippen molar-refractivity contribution in [2.24, 2.45) is 57.2 Å². The standard InChI is InChI=1S/C40H68O10/c1-37(2,3)23-27-19-25(33(43)44)21-29(39(7,8)9)32(42)16-14-18-50-36(48)30(40(10,11)12)22-26(34(45)46)20-28(24-38(4,5)6)35(47)49-17-13-15-31(27)41/h25-30H,13-24H2,1-12H3,(H,43,44)(H,45,46). The highest BCUT2D eigenvalue weighted by molar-refractivity contribution is 5.84. The average Bonchev–Trinajstić information content (AvgIpc) is 2.92. The van der Waals surface area contributed by atoms with Crippen LogP contribution < -0.4 is 0 Å². The smallest absolute Gasteiger partial charge is 0.309 e. The highest BCUT2D eigenvalue weighted by atomic mass is 16.5. The van der Waals surface area contributed by atoms with Gasteiger partial charge >= 0.3 is 23.9 Å². The van der Waals surface area contributed by atoms with Gasteiger partial charge in [-0.05, 0) is 73.0 Å². The second-order valence-electron chi connectivity index (χ2n) is 19.2. The normalized spacial score (nSPS) is 27.4. The molecule has 1 aliphatic heterocycles. The molecule has 1 saturated heterocycles. The average molecular weight is 709 g/mol. The maximum Gasteiger partial charge on any atom is 0.309 e. The molecule has 6 atom stereocenters. The largest absolute Gasteiger partial charge is 0.481 e. The molecule has 1 heterocycles. The van der Waals surface area contributed by atoms with Gasteiger partial charge in [-0.2, -0.15) is 0 Å². The molecule has 1 rings (SSSR count). The number of rotatable bonds is 4. The minimum atomic E-state index is -1.11. The van der Waals surface area contributed by atoms with Crippen molar-refractivity contribution in [3.05, 3.63) is 0 Å². The molecule has 0 saturated carbocycles. The molecule has 2 N–H and O–H groups in total. The predicted molar refractivity (Wildman–Crippen MR) is 192 cm³/mol. The summed E-state index contributed by atoms with van der Waals surface area (Å²) in [6.45, 7) is 23.0. The quantitative estimate of drug-likeness (QED) is 0.273. The third-order valence-electron chi connectivity index (χ3n) is 9.77. The molecule has 50 heavy (non-hydrogen) atoms. The van der Waals surface area contributed by atoms with E-state index in [1.54, 1.807) is 0 Å². The first-order valence-corrected chi connectivity index (χ1v) is 18.5. The second-order valence-corrected chi connectivity index (χ2v) is 19.2. The molecule has 0 bridgehead atoms. The molecule has 6 unspecified atom stereocenters. The van der Waals surface area contributed by atoms with Gasteiger partial charge in [-0.1, -0.05) is 83.1 Å². The van der Waals surface area contributed by atoms with Crippen molar-refractivity contribution in [2.45, 2.75) is 147 Å². The third kappa shape index (κ3) is 16.5. The first-order chi connectivity index (χ1) is 22.6. The summed E-state index contributed by atoms with van der Waals surface area (Å²) >= 11 is 0. The number of esters is 2. The fraction of sp³-hybridized carbons (Fsp3) is 0.850. The summed E-state index contributed by atoms with van der Waals surface area (Å²) in [6.07, 6.45) is 1.63. The first kappa shape index (κ1) is 45.2. The van der Waals surface area contributed by atoms with E-state index < -0.39 is 70.2 Å². The van der Waals surface area contributed by atoms with E-state index in [1.165, 1.54) is 0 Å². The zero-order valence-corrected chi connectivity index (χ0v) is 33.1. The Bertz CT molecular complexity index is 1080. The van der Waals surface area contributed by atoms with Crippen molar-refractivity contribution in [3.8, 4) is 0 Å². The number of Topliss-reactive ketones (excluding diaryl/α,β-unsaturated/α-hetero) is 2. The number of carboxylic acids is 2. The number of carbonyl (C=O) groups excluding carboxylic acids is 4. The van der Waals surface area contributed by atoms with Gasteiger partial charge in [0.1, 0.15) is 11.6 Å². The van der Waals surface area contributed by atoms with Gasteiger partial charge in [0.2, 0.25) is 0 Å². The van der Waals surface area contributed by atoms with Gasteiger partial charge < -0.3 is 19.7 Å². The van der Waals surface area contributed by atoms with Crippen LogP contribution in [0.15, 0.2) is 0 Å². The number of ketones is 2. The number of aliphatic carboxylic acids is 2. The van der Waals surface area contributed by atoms with Crippen LogP contribution in [0, 0.1) is 57.2 Å². The van der Waals surface area contributed by atoms with Crippen LogP contribution in [0.5, 0.6) is 0 Å². The molecule has 0 amide bonds. The minimum Gasteiger partial charge on any atom is -0.481 e. The molecule has 0 aliphatic carbocycles. The lowest BCUT2D eigenvalue weighted by Crippen LogP contribution is -2.36. The maximum absolute atomic E-state index is 13.6. The Hall–Kier alpha value is -2.78. The van der Waals surface area contributed by atoms with E-state index in [0.717, 1.165) is 0 Å². The van der Waals surface area contributed by atoms with Crippen LogP contribution in [0.3, 0.4) is 0 Å². The Kier molecular flexibility index (Phi) is 16.9. The number of hydrogen-bond acceptors (Lipinski definition) is 8. The molecule has 0 aromatic carbocycles. The third-order valence-corrected chi connectivity index (χ3v) is 9.77. The number of ether oxygens (including phenoxy) is 2. The van der Waals surface area contributed by atoms with E-state index in [-0.39, 0.29) is 87.0 Å². The molecule has 0 aromatic heterocycles. The number of hydrogen-bond donors (Lipinski definition) is 2. The van der Waals surface area contributed by atoms with Gasteiger partial charge in [-0.15, -0.1) is 0 Å². The Labute approximate surface area is 301 Å². The summed E-state index contributed by atoms with van der Waals surface area (Å²) in [5.41, 5.74) is -1.77. The van der Waals surface area contributed by atoms with Gasteiger partial charge in [-0.25, -0.2) is 0 Å². The summed E-state index contributed by atoms with van der Waals surface area (Å²) in [7, 11) is 0. The summed E-state index contributed by atoms with van der Waals surface area (Å²) in [5, 5.41) is 20.6. The van der Waals surface area contributed by atoms with E-state index in [1.807, 2.05) is 83.1 Å². The summed E-state index contributed by atoms with van der Waals surface area (Å²) in [4.78, 5) is 79.3. The molecule has 10 heteroatoms. The Morgan fingerprint density at radius 1 is 0.560 bits per heavy atom. The van der Waals surface area contributed by atoms with E-state index in [4.69, 9.17) is 9.47 Å². The highest BCUT2D eigenvalue weighted by Gasteiger charge is 2.41. The van der Waals surface area contributed by atoms with Gasteiger partial charge in [0.15, 0.2) is 0 Å². The van der Waals surface area contributed by atoms with Crippen molar-refractivity contribution in [1.29, 1.82) is 0 Å². The van der Waals surface area contributed by atoms with Crippen LogP contribution in [0.25, 0.3) is 0 Å². The molecule has 1 fully saturated rings. The van der Waals surface area contributed by atoms with Crippen molar-refractivity contribution in [1.82, 2.24) is 0 Å². The number of carboxylic acid groups (broad SMARTS) is 2. The molecular weight excluding hydrogens is 640 g/mol. The monoisotopic (exact) mass is 708 g/mol. The molecule has 0 aromatic rings. The van der Waals surface area contributed by atoms with Crippen LogP contribution in [0.2, 0.25) is 0 Å². The lowest BCUT2D eigenvalue weighted by molar-refractivity contribution is -0.157. The van der Waals surface area contributed by atoms with Gasteiger partial charge in [0.05, 0.1) is 36.9 Å². The summed E-state index contributed by atoms with van der Waals surface area (Å²) in [5.74, 6) is -8.07. The van der Waals surface area contributed by atoms with E-state index >= 15 is 0 Å². The van der Waals surface area contributed by atoms with E-state index in [0.29, 0.717) is 12.8 Å². The topological polar surface area (TPSA) is 161 Å². The Morgan fingerprint density at radius 3 is 1.36 bits per heavy atom. The zero-order valence-electron chi connectivity index (χ0n) is 33.1. The minimum absolute atomic E-state index is 0.0167. The van der Waals surface area contributed by atoms with Gasteiger partial charge in [0, 0.05) is 24.7 Å². The first-order valence-electron chi connectivity index (χ1n) is 18.5. The SMILES string of the molecule is CC(C)(C)CC1CC(C(=O)O)CC(C(C)(C)C)C(=O)CCCOC(=O)C(C(C)(C)C)CC(C(=O)O)CC(CC(C)(C)C)C(=O)OCCCC1=O. The van der Waals surface area contributed by atoms with Gasteiger partial charge in [-0.3, -0.25) is 28.8 Å². The molecule has 0 radical (unpaired) electrons. The van der Waals surface area contributed by atoms with Crippen LogP contribution in [-0.4, -0.2) is 58.9 Å². The fourth-order valence-corrected chi connectivity index (χ4v) is 7.13. The predicted octanol–water partition coefficient (Wildman–Crippen LogP) is 8.18. The number of carbonyl (C=O) groups is 6. The van der Waals surface area contributed by atoms with Crippen molar-refractivity contribution < 1.29 is 48.5 Å². The van der Waals surface area contributed by atoms with Crippen LogP contribution >= 0.6 is 0 Å². The molecule has 1 aliphatic rings. The van der Waals surface area contributed by atoms with Gasteiger partial charge in [0.25, 0.3) is 0 Å². The maximum atomic E-state index is 13.6. The lowest BCUT2D eigenvalue weighted by Gasteiger charge is -2.34. The van der Waals surface area contributed by atoms with Crippen LogP contribution in [0.1, 0.15) is 147 Å². The molecule has 10 nitrogen and oxygen atoms in total. The Morgan fingerprint density at radius 2 is 0.940 bits per heavy atom. The molecule has 288 valence electrons. The van der Waals surface area contributed by atoms with E-state index in [9.17, 15) is 39.0 Å². The second kappa shape index (κ2) is 18.6.